The van der Waals surface area contributed by atoms with E-state index in [1.807, 2.05) is 134 Å². The lowest BCUT2D eigenvalue weighted by atomic mass is 10.4. The summed E-state index contributed by atoms with van der Waals surface area (Å²) in [6.45, 7) is 15.9. The van der Waals surface area contributed by atoms with Crippen LogP contribution in [0.1, 0.15) is 86.7 Å². The minimum atomic E-state index is 0. The first-order valence-corrected chi connectivity index (χ1v) is 15.2. The van der Waals surface area contributed by atoms with Gasteiger partial charge < -0.3 is 4.98 Å². The minimum absolute atomic E-state index is 0. The number of nitrogens with one attached hydrogen (secondary N) is 1. The third kappa shape index (κ3) is 35.2. The molecule has 263 valence electrons. The average Bonchev–Trinajstić information content (AvgIpc) is 3.74. The van der Waals surface area contributed by atoms with Crippen molar-refractivity contribution in [2.45, 2.75) is 99.9 Å². The van der Waals surface area contributed by atoms with Crippen molar-refractivity contribution in [3.63, 3.8) is 0 Å². The highest BCUT2D eigenvalue weighted by Gasteiger charge is 1.88. The van der Waals surface area contributed by atoms with Crippen LogP contribution in [0, 0.1) is 55.4 Å². The smallest absolute Gasteiger partial charge is 0.114 e. The van der Waals surface area contributed by atoms with Crippen LogP contribution in [0.2, 0.25) is 0 Å². The maximum Gasteiger partial charge on any atom is 0.114 e. The second-order valence-corrected chi connectivity index (χ2v) is 12.2. The Morgan fingerprint density at radius 2 is 0.894 bits per heavy atom. The van der Waals surface area contributed by atoms with Crippen molar-refractivity contribution in [3.8, 4) is 0 Å². The van der Waals surface area contributed by atoms with Gasteiger partial charge in [-0.25, -0.2) is 15.0 Å². The molecule has 4 heterocycles. The van der Waals surface area contributed by atoms with Gasteiger partial charge in [0.05, 0.1) is 10.0 Å². The molecule has 6 aromatic rings. The van der Waals surface area contributed by atoms with E-state index >= 15 is 0 Å². The number of nitrogens with zero attached hydrogens (tertiary/aromatic N) is 5. The molecule has 3 radical (unpaired) electrons. The second-order valence-electron chi connectivity index (χ2n) is 8.30. The summed E-state index contributed by atoms with van der Waals surface area (Å²) in [4.78, 5) is 16.4. The fourth-order valence-corrected chi connectivity index (χ4v) is 4.51. The van der Waals surface area contributed by atoms with Crippen LogP contribution in [0.15, 0.2) is 90.6 Å². The van der Waals surface area contributed by atoms with Gasteiger partial charge in [-0.2, -0.15) is 0 Å². The fraction of sp³-hybridized carbons (Fsp3) is 0.378. The summed E-state index contributed by atoms with van der Waals surface area (Å²) < 4.78 is 0. The summed E-state index contributed by atoms with van der Waals surface area (Å²) in [6, 6.07) is 24.0. The Balaban J connectivity index is -0.0000000794. The number of hydrogen-bond acceptors (Lipinski definition) is 8. The number of imidazole rings is 1. The summed E-state index contributed by atoms with van der Waals surface area (Å²) >= 11 is 5.05. The third-order valence-corrected chi connectivity index (χ3v) is 6.73. The highest BCUT2D eigenvalue weighted by molar-refractivity contribution is 7.11. The van der Waals surface area contributed by atoms with Crippen LogP contribution < -0.4 is 0 Å². The van der Waals surface area contributed by atoms with Gasteiger partial charge in [0.2, 0.25) is 0 Å². The lowest BCUT2D eigenvalue weighted by Crippen LogP contribution is -1.70. The maximum absolute atomic E-state index is 4.13. The van der Waals surface area contributed by atoms with Crippen molar-refractivity contribution in [2.75, 3.05) is 0 Å². The van der Waals surface area contributed by atoms with Gasteiger partial charge >= 0.3 is 0 Å². The summed E-state index contributed by atoms with van der Waals surface area (Å²) in [6.07, 6.45) is 3.70. The zero-order chi connectivity index (χ0) is 29.6. The number of benzene rings is 2. The molecule has 0 saturated carbocycles. The van der Waals surface area contributed by atoms with E-state index in [1.54, 1.807) is 34.0 Å². The van der Waals surface area contributed by atoms with Crippen molar-refractivity contribution in [1.82, 2.24) is 30.1 Å². The Bertz CT molecular complexity index is 1090. The van der Waals surface area contributed by atoms with Gasteiger partial charge in [0.15, 0.2) is 0 Å². The van der Waals surface area contributed by atoms with Crippen molar-refractivity contribution in [3.05, 3.63) is 133 Å². The maximum atomic E-state index is 4.13. The lowest BCUT2D eigenvalue weighted by Gasteiger charge is -1.74. The Morgan fingerprint density at radius 1 is 0.489 bits per heavy atom. The van der Waals surface area contributed by atoms with Crippen LogP contribution in [0.25, 0.3) is 0 Å². The standard InChI is InChI=1S/2C6H6.C5H8N2.2C5H7NS.C4H6N2S.6CH4.B/c2*1-2-4-6-5-3-1;1-4-3-6-5(2)7-4;1-4-3-7-5(2)6-4;1-4-3-6-5(2)7-4;1-3-5-6-4(2)7-3;;;;;;;/h2*1-6H;3H,1-2H3,(H,6,7);2*3H,1-2H3;1-2H3;6*1H4;. The number of hydrogen-bond donors (Lipinski definition) is 1. The molecule has 0 aliphatic heterocycles. The number of rotatable bonds is 0. The Morgan fingerprint density at radius 3 is 1.00 bits per heavy atom. The first kappa shape index (κ1) is 59.0. The Hall–Kier alpha value is -3.47. The molecule has 0 aliphatic carbocycles. The minimum Gasteiger partial charge on any atom is -0.346 e. The summed E-state index contributed by atoms with van der Waals surface area (Å²) in [5.74, 6) is 0.984. The normalized spacial score (nSPS) is 7.66. The molecule has 0 atom stereocenters. The Labute approximate surface area is 303 Å². The highest BCUT2D eigenvalue weighted by atomic mass is 32.1. The van der Waals surface area contributed by atoms with Crippen molar-refractivity contribution in [2.24, 2.45) is 0 Å². The van der Waals surface area contributed by atoms with E-state index in [0.29, 0.717) is 0 Å². The molecule has 0 bridgehead atoms. The largest absolute Gasteiger partial charge is 0.346 e. The molecule has 47 heavy (non-hydrogen) atoms. The van der Waals surface area contributed by atoms with E-state index in [2.05, 4.69) is 42.4 Å². The molecule has 0 spiro atoms. The van der Waals surface area contributed by atoms with Gasteiger partial charge in [-0.1, -0.05) is 117 Å². The number of aryl methyl sites for hydroxylation is 8. The van der Waals surface area contributed by atoms with Gasteiger partial charge in [-0.15, -0.1) is 44.2 Å². The molecule has 2 aromatic carbocycles. The van der Waals surface area contributed by atoms with E-state index in [-0.39, 0.29) is 53.0 Å². The van der Waals surface area contributed by atoms with Crippen molar-refractivity contribution >= 4 is 42.4 Å². The number of thiazole rings is 2. The first-order chi connectivity index (χ1) is 19.2. The van der Waals surface area contributed by atoms with Crippen LogP contribution in [0.4, 0.5) is 0 Å². The van der Waals surface area contributed by atoms with Gasteiger partial charge in [-0.05, 0) is 55.4 Å². The SMILES string of the molecule is C.C.C.C.C.C.Cc1cnc(C)[nH]1.Cc1cnc(C)s1.Cc1csc(C)n1.Cc1nnc(C)s1.[B].c1ccccc1.c1ccccc1. The van der Waals surface area contributed by atoms with Crippen LogP contribution in [-0.4, -0.2) is 38.5 Å². The average molecular weight is 700 g/mol. The Kier molecular flexibility index (Phi) is 46.5. The van der Waals surface area contributed by atoms with Crippen LogP contribution in [-0.2, 0) is 0 Å². The fourth-order valence-electron chi connectivity index (χ4n) is 2.65. The molecule has 10 heteroatoms. The number of aromatic amines is 1. The lowest BCUT2D eigenvalue weighted by molar-refractivity contribution is 1.02. The molecule has 6 nitrogen and oxygen atoms in total. The van der Waals surface area contributed by atoms with E-state index < -0.39 is 0 Å². The molecule has 0 amide bonds. The van der Waals surface area contributed by atoms with Gasteiger partial charge in [0.1, 0.15) is 15.8 Å². The van der Waals surface area contributed by atoms with Crippen LogP contribution in [0.3, 0.4) is 0 Å². The van der Waals surface area contributed by atoms with E-state index in [9.17, 15) is 0 Å². The summed E-state index contributed by atoms with van der Waals surface area (Å²) in [5, 5.41) is 14.0. The molecule has 0 unspecified atom stereocenters. The van der Waals surface area contributed by atoms with E-state index in [1.165, 1.54) is 4.88 Å². The topological polar surface area (TPSA) is 80.2 Å². The molecule has 1 N–H and O–H groups in total. The molecular weight excluding hydrogens is 635 g/mol. The predicted molar refractivity (Wildman–Crippen MR) is 220 cm³/mol. The van der Waals surface area contributed by atoms with Crippen molar-refractivity contribution < 1.29 is 0 Å². The molecular formula is C37H64BN6S3. The quantitative estimate of drug-likeness (QED) is 0.160. The predicted octanol–water partition coefficient (Wildman–Crippen LogP) is 12.5. The summed E-state index contributed by atoms with van der Waals surface area (Å²) in [5.41, 5.74) is 2.25. The van der Waals surface area contributed by atoms with Gasteiger partial charge in [-0.3, -0.25) is 0 Å². The number of H-pyrrole nitrogens is 1. The zero-order valence-corrected chi connectivity index (χ0v) is 27.6. The molecule has 0 saturated heterocycles. The zero-order valence-electron chi connectivity index (χ0n) is 25.2. The van der Waals surface area contributed by atoms with Gasteiger partial charge in [0, 0.05) is 42.5 Å². The third-order valence-electron chi connectivity index (χ3n) is 4.26. The van der Waals surface area contributed by atoms with E-state index in [4.69, 9.17) is 0 Å². The molecule has 6 rings (SSSR count). The molecule has 0 aliphatic rings. The van der Waals surface area contributed by atoms with Crippen LogP contribution in [0.5, 0.6) is 0 Å². The summed E-state index contributed by atoms with van der Waals surface area (Å²) in [7, 11) is 0. The highest BCUT2D eigenvalue weighted by Crippen LogP contribution is 2.08. The van der Waals surface area contributed by atoms with Gasteiger partial charge in [0.25, 0.3) is 0 Å². The van der Waals surface area contributed by atoms with E-state index in [0.717, 1.165) is 37.2 Å². The second kappa shape index (κ2) is 37.0. The molecule has 4 aromatic heterocycles. The van der Waals surface area contributed by atoms with Crippen molar-refractivity contribution in [1.29, 1.82) is 0 Å². The molecule has 0 fully saturated rings. The monoisotopic (exact) mass is 699 g/mol. The van der Waals surface area contributed by atoms with Crippen LogP contribution >= 0.6 is 34.0 Å². The first-order valence-electron chi connectivity index (χ1n) is 12.7. The number of aromatic nitrogens is 6.